The molecule has 2 heteroatoms. The molecule has 1 heterocycles. The maximum Gasteiger partial charge on any atom is 0.111 e. The number of aryl methyl sites for hydroxylation is 1. The van der Waals surface area contributed by atoms with Crippen LogP contribution < -0.4 is 0 Å². The quantitative estimate of drug-likeness (QED) is 0.725. The first-order valence-corrected chi connectivity index (χ1v) is 6.32. The lowest BCUT2D eigenvalue weighted by atomic mass is 9.96. The molecule has 0 radical (unpaired) electrons. The molecular weight excluding hydrogens is 232 g/mol. The highest BCUT2D eigenvalue weighted by molar-refractivity contribution is 5.80. The molecule has 3 rings (SSSR count). The molecule has 0 amide bonds. The fraction of sp³-hybridized carbons (Fsp3) is 0.118. The fourth-order valence-electron chi connectivity index (χ4n) is 2.42. The van der Waals surface area contributed by atoms with Gasteiger partial charge in [0.05, 0.1) is 6.07 Å². The standard InChI is InChI=1S/C17H14N2/c1-12-5-4-7-13(9-12)15(11-18)17-10-14-6-2-3-8-16(14)19-17/h2-10,15,19H,1H3. The van der Waals surface area contributed by atoms with Crippen molar-refractivity contribution in [3.8, 4) is 6.07 Å². The van der Waals surface area contributed by atoms with Crippen LogP contribution in [0, 0.1) is 18.3 Å². The van der Waals surface area contributed by atoms with Gasteiger partial charge in [-0.05, 0) is 30.0 Å². The van der Waals surface area contributed by atoms with E-state index in [0.29, 0.717) is 0 Å². The summed E-state index contributed by atoms with van der Waals surface area (Å²) in [5.74, 6) is -0.243. The van der Waals surface area contributed by atoms with Crippen LogP contribution in [0.3, 0.4) is 0 Å². The Hall–Kier alpha value is -2.53. The summed E-state index contributed by atoms with van der Waals surface area (Å²) < 4.78 is 0. The third-order valence-electron chi connectivity index (χ3n) is 3.37. The Morgan fingerprint density at radius 1 is 1.05 bits per heavy atom. The van der Waals surface area contributed by atoms with Crippen molar-refractivity contribution in [2.24, 2.45) is 0 Å². The van der Waals surface area contributed by atoms with Gasteiger partial charge in [0.15, 0.2) is 0 Å². The summed E-state index contributed by atoms with van der Waals surface area (Å²) in [6.07, 6.45) is 0. The molecule has 0 spiro atoms. The lowest BCUT2D eigenvalue weighted by Crippen LogP contribution is -1.98. The van der Waals surface area contributed by atoms with Crippen molar-refractivity contribution in [3.63, 3.8) is 0 Å². The Morgan fingerprint density at radius 2 is 1.89 bits per heavy atom. The average molecular weight is 246 g/mol. The first-order valence-electron chi connectivity index (χ1n) is 6.32. The van der Waals surface area contributed by atoms with Crippen molar-refractivity contribution in [1.29, 1.82) is 5.26 Å². The van der Waals surface area contributed by atoms with Crippen LogP contribution in [-0.4, -0.2) is 4.98 Å². The minimum atomic E-state index is -0.243. The second kappa shape index (κ2) is 4.62. The molecule has 0 saturated heterocycles. The molecule has 2 aromatic carbocycles. The minimum absolute atomic E-state index is 0.243. The van der Waals surface area contributed by atoms with Gasteiger partial charge in [-0.3, -0.25) is 0 Å². The van der Waals surface area contributed by atoms with Gasteiger partial charge in [-0.25, -0.2) is 0 Å². The second-order valence-corrected chi connectivity index (χ2v) is 4.79. The Labute approximate surface area is 112 Å². The molecule has 1 N–H and O–H groups in total. The third kappa shape index (κ3) is 2.11. The number of para-hydroxylation sites is 1. The number of nitriles is 1. The van der Waals surface area contributed by atoms with E-state index in [1.807, 2.05) is 43.3 Å². The van der Waals surface area contributed by atoms with Crippen LogP contribution in [0.4, 0.5) is 0 Å². The molecule has 0 aliphatic heterocycles. The summed E-state index contributed by atoms with van der Waals surface area (Å²) in [7, 11) is 0. The molecule has 0 aliphatic carbocycles. The summed E-state index contributed by atoms with van der Waals surface area (Å²) in [5.41, 5.74) is 4.24. The number of fused-ring (bicyclic) bond motifs is 1. The van der Waals surface area contributed by atoms with Crippen molar-refractivity contribution in [3.05, 3.63) is 71.4 Å². The topological polar surface area (TPSA) is 39.6 Å². The minimum Gasteiger partial charge on any atom is -0.357 e. The number of rotatable bonds is 2. The zero-order valence-electron chi connectivity index (χ0n) is 10.7. The summed E-state index contributed by atoms with van der Waals surface area (Å²) in [6, 6.07) is 20.7. The number of H-pyrrole nitrogens is 1. The third-order valence-corrected chi connectivity index (χ3v) is 3.37. The van der Waals surface area contributed by atoms with Crippen molar-refractivity contribution < 1.29 is 0 Å². The van der Waals surface area contributed by atoms with Crippen molar-refractivity contribution in [2.75, 3.05) is 0 Å². The van der Waals surface area contributed by atoms with Gasteiger partial charge in [-0.1, -0.05) is 48.0 Å². The van der Waals surface area contributed by atoms with E-state index in [2.05, 4.69) is 29.3 Å². The van der Waals surface area contributed by atoms with Gasteiger partial charge < -0.3 is 4.98 Å². The zero-order chi connectivity index (χ0) is 13.2. The van der Waals surface area contributed by atoms with Crippen molar-refractivity contribution in [2.45, 2.75) is 12.8 Å². The molecule has 2 nitrogen and oxygen atoms in total. The van der Waals surface area contributed by atoms with Gasteiger partial charge in [0.25, 0.3) is 0 Å². The molecule has 0 fully saturated rings. The van der Waals surface area contributed by atoms with Crippen LogP contribution in [0.2, 0.25) is 0 Å². The van der Waals surface area contributed by atoms with Crippen LogP contribution >= 0.6 is 0 Å². The maximum absolute atomic E-state index is 9.48. The molecule has 0 saturated carbocycles. The van der Waals surface area contributed by atoms with E-state index in [-0.39, 0.29) is 5.92 Å². The molecule has 0 bridgehead atoms. The number of aromatic nitrogens is 1. The fourth-order valence-corrected chi connectivity index (χ4v) is 2.42. The Kier molecular flexibility index (Phi) is 2.81. The van der Waals surface area contributed by atoms with Crippen LogP contribution in [0.15, 0.2) is 54.6 Å². The SMILES string of the molecule is Cc1cccc(C(C#N)c2cc3ccccc3[nH]2)c1. The van der Waals surface area contributed by atoms with Crippen LogP contribution in [-0.2, 0) is 0 Å². The van der Waals surface area contributed by atoms with Gasteiger partial charge >= 0.3 is 0 Å². The van der Waals surface area contributed by atoms with Crippen molar-refractivity contribution in [1.82, 2.24) is 4.98 Å². The highest BCUT2D eigenvalue weighted by Gasteiger charge is 2.15. The Bertz CT molecular complexity index is 729. The predicted molar refractivity (Wildman–Crippen MR) is 76.9 cm³/mol. The number of hydrogen-bond donors (Lipinski definition) is 1. The monoisotopic (exact) mass is 246 g/mol. The molecule has 1 atom stereocenters. The molecule has 92 valence electrons. The number of aromatic amines is 1. The molecule has 3 aromatic rings. The highest BCUT2D eigenvalue weighted by Crippen LogP contribution is 2.27. The highest BCUT2D eigenvalue weighted by atomic mass is 14.7. The van der Waals surface area contributed by atoms with E-state index in [1.165, 1.54) is 5.56 Å². The number of nitrogens with one attached hydrogen (secondary N) is 1. The molecule has 1 unspecified atom stereocenters. The van der Waals surface area contributed by atoms with E-state index >= 15 is 0 Å². The first kappa shape index (κ1) is 11.6. The smallest absolute Gasteiger partial charge is 0.111 e. The summed E-state index contributed by atoms with van der Waals surface area (Å²) >= 11 is 0. The van der Waals surface area contributed by atoms with E-state index < -0.39 is 0 Å². The molecule has 19 heavy (non-hydrogen) atoms. The molecular formula is C17H14N2. The largest absolute Gasteiger partial charge is 0.357 e. The molecule has 0 aliphatic rings. The van der Waals surface area contributed by atoms with E-state index in [1.54, 1.807) is 0 Å². The number of nitrogens with zero attached hydrogens (tertiary/aromatic N) is 1. The zero-order valence-corrected chi connectivity index (χ0v) is 10.7. The lowest BCUT2D eigenvalue weighted by Gasteiger charge is -2.08. The summed E-state index contributed by atoms with van der Waals surface area (Å²) in [4.78, 5) is 3.34. The predicted octanol–water partition coefficient (Wildman–Crippen LogP) is 4.13. The number of benzene rings is 2. The second-order valence-electron chi connectivity index (χ2n) is 4.79. The first-order chi connectivity index (χ1) is 9.28. The number of hydrogen-bond acceptors (Lipinski definition) is 1. The summed E-state index contributed by atoms with van der Waals surface area (Å²) in [5, 5.41) is 10.6. The van der Waals surface area contributed by atoms with Gasteiger partial charge in [-0.2, -0.15) is 5.26 Å². The Morgan fingerprint density at radius 3 is 2.63 bits per heavy atom. The van der Waals surface area contributed by atoms with E-state index in [0.717, 1.165) is 22.2 Å². The summed E-state index contributed by atoms with van der Waals surface area (Å²) in [6.45, 7) is 2.04. The van der Waals surface area contributed by atoms with Crippen LogP contribution in [0.25, 0.3) is 10.9 Å². The van der Waals surface area contributed by atoms with E-state index in [4.69, 9.17) is 0 Å². The van der Waals surface area contributed by atoms with E-state index in [9.17, 15) is 5.26 Å². The average Bonchev–Trinajstić information content (AvgIpc) is 2.83. The van der Waals surface area contributed by atoms with Crippen LogP contribution in [0.1, 0.15) is 22.7 Å². The molecule has 1 aromatic heterocycles. The maximum atomic E-state index is 9.48. The lowest BCUT2D eigenvalue weighted by molar-refractivity contribution is 0.989. The van der Waals surface area contributed by atoms with Gasteiger partial charge in [0.1, 0.15) is 5.92 Å². The van der Waals surface area contributed by atoms with Crippen LogP contribution in [0.5, 0.6) is 0 Å². The van der Waals surface area contributed by atoms with Gasteiger partial charge in [-0.15, -0.1) is 0 Å². The van der Waals surface area contributed by atoms with Crippen molar-refractivity contribution >= 4 is 10.9 Å². The normalized spacial score (nSPS) is 12.2. The van der Waals surface area contributed by atoms with Gasteiger partial charge in [0, 0.05) is 11.2 Å². The Balaban J connectivity index is 2.10. The van der Waals surface area contributed by atoms with Gasteiger partial charge in [0.2, 0.25) is 0 Å².